The Labute approximate surface area is 120 Å². The lowest BCUT2D eigenvalue weighted by atomic mass is 10.2. The van der Waals surface area contributed by atoms with Gasteiger partial charge in [-0.25, -0.2) is 0 Å². The first-order valence-corrected chi connectivity index (χ1v) is 8.18. The normalized spacial score (nSPS) is 23.6. The van der Waals surface area contributed by atoms with Gasteiger partial charge in [0.1, 0.15) is 0 Å². The average Bonchev–Trinajstić information content (AvgIpc) is 2.43. The highest BCUT2D eigenvalue weighted by atomic mass is 32.2. The molecule has 0 spiro atoms. The Balaban J connectivity index is 1.97. The zero-order chi connectivity index (χ0) is 13.7. The summed E-state index contributed by atoms with van der Waals surface area (Å²) in [6.45, 7) is 9.63. The molecule has 1 aromatic heterocycles. The second kappa shape index (κ2) is 7.10. The minimum absolute atomic E-state index is 0.525. The number of rotatable bonds is 5. The fraction of sp³-hybridized carbons (Fsp3) is 0.714. The van der Waals surface area contributed by atoms with Crippen molar-refractivity contribution in [3.63, 3.8) is 0 Å². The first kappa shape index (κ1) is 14.6. The molecule has 0 aromatic carbocycles. The second-order valence-corrected chi connectivity index (χ2v) is 6.55. The van der Waals surface area contributed by atoms with Crippen LogP contribution in [0.5, 0.6) is 0 Å². The van der Waals surface area contributed by atoms with Crippen LogP contribution >= 0.6 is 11.8 Å². The van der Waals surface area contributed by atoms with Crippen LogP contribution in [0, 0.1) is 0 Å². The highest BCUT2D eigenvalue weighted by Gasteiger charge is 2.26. The summed E-state index contributed by atoms with van der Waals surface area (Å²) in [5.41, 5.74) is 1.02. The molecule has 2 unspecified atom stereocenters. The number of hydrogen-bond donors (Lipinski definition) is 1. The van der Waals surface area contributed by atoms with Crippen molar-refractivity contribution in [2.45, 2.75) is 45.0 Å². The molecule has 1 aromatic rings. The van der Waals surface area contributed by atoms with Crippen molar-refractivity contribution in [2.24, 2.45) is 0 Å². The molecule has 0 radical (unpaired) electrons. The molecule has 2 rings (SSSR count). The SMILES string of the molecule is CCCNCc1ccc(N2CCSC(C)C2C)nn1. The predicted molar refractivity (Wildman–Crippen MR) is 82.8 cm³/mol. The Bertz CT molecular complexity index is 382. The fourth-order valence-electron chi connectivity index (χ4n) is 2.25. The minimum atomic E-state index is 0.525. The van der Waals surface area contributed by atoms with Gasteiger partial charge in [-0.15, -0.1) is 5.10 Å². The summed E-state index contributed by atoms with van der Waals surface area (Å²) >= 11 is 2.04. The maximum Gasteiger partial charge on any atom is 0.151 e. The summed E-state index contributed by atoms with van der Waals surface area (Å²) < 4.78 is 0. The van der Waals surface area contributed by atoms with E-state index >= 15 is 0 Å². The predicted octanol–water partition coefficient (Wildman–Crippen LogP) is 2.31. The van der Waals surface area contributed by atoms with Gasteiger partial charge in [0.05, 0.1) is 5.69 Å². The number of anilines is 1. The van der Waals surface area contributed by atoms with Crippen molar-refractivity contribution in [1.82, 2.24) is 15.5 Å². The molecule has 1 saturated heterocycles. The van der Waals surface area contributed by atoms with Crippen molar-refractivity contribution >= 4 is 17.6 Å². The summed E-state index contributed by atoms with van der Waals surface area (Å²) in [5, 5.41) is 12.7. The van der Waals surface area contributed by atoms with E-state index < -0.39 is 0 Å². The van der Waals surface area contributed by atoms with Gasteiger partial charge < -0.3 is 10.2 Å². The van der Waals surface area contributed by atoms with Crippen molar-refractivity contribution in [1.29, 1.82) is 0 Å². The molecule has 106 valence electrons. The average molecular weight is 280 g/mol. The number of nitrogens with one attached hydrogen (secondary N) is 1. The number of hydrogen-bond acceptors (Lipinski definition) is 5. The van der Waals surface area contributed by atoms with E-state index in [4.69, 9.17) is 0 Å². The summed E-state index contributed by atoms with van der Waals surface area (Å²) in [5.74, 6) is 2.19. The van der Waals surface area contributed by atoms with Crippen molar-refractivity contribution in [2.75, 3.05) is 23.7 Å². The molecule has 2 atom stereocenters. The number of thioether (sulfide) groups is 1. The van der Waals surface area contributed by atoms with Gasteiger partial charge in [0, 0.05) is 30.1 Å². The lowest BCUT2D eigenvalue weighted by Gasteiger charge is -2.38. The molecule has 0 amide bonds. The molecule has 1 N–H and O–H groups in total. The number of aromatic nitrogens is 2. The first-order valence-electron chi connectivity index (χ1n) is 7.14. The van der Waals surface area contributed by atoms with E-state index in [9.17, 15) is 0 Å². The topological polar surface area (TPSA) is 41.0 Å². The lowest BCUT2D eigenvalue weighted by Crippen LogP contribution is -2.45. The van der Waals surface area contributed by atoms with Crippen LogP contribution in [0.1, 0.15) is 32.9 Å². The van der Waals surface area contributed by atoms with E-state index in [1.807, 2.05) is 11.8 Å². The summed E-state index contributed by atoms with van der Waals surface area (Å²) in [6.07, 6.45) is 1.15. The van der Waals surface area contributed by atoms with Crippen LogP contribution in [-0.4, -0.2) is 40.3 Å². The van der Waals surface area contributed by atoms with E-state index in [2.05, 4.69) is 53.3 Å². The molecule has 4 nitrogen and oxygen atoms in total. The molecule has 0 aliphatic carbocycles. The largest absolute Gasteiger partial charge is 0.350 e. The quantitative estimate of drug-likeness (QED) is 0.838. The zero-order valence-electron chi connectivity index (χ0n) is 12.1. The van der Waals surface area contributed by atoms with Crippen molar-refractivity contribution in [3.05, 3.63) is 17.8 Å². The fourth-order valence-corrected chi connectivity index (χ4v) is 3.35. The maximum atomic E-state index is 4.39. The Kier molecular flexibility index (Phi) is 5.45. The van der Waals surface area contributed by atoms with E-state index in [0.717, 1.165) is 37.6 Å². The highest BCUT2D eigenvalue weighted by molar-refractivity contribution is 8.00. The zero-order valence-corrected chi connectivity index (χ0v) is 12.9. The number of nitrogens with zero attached hydrogens (tertiary/aromatic N) is 3. The Morgan fingerprint density at radius 3 is 2.89 bits per heavy atom. The standard InChI is InChI=1S/C14H24N4S/c1-4-7-15-10-13-5-6-14(17-16-13)18-8-9-19-12(3)11(18)2/h5-6,11-12,15H,4,7-10H2,1-3H3. The molecular formula is C14H24N4S. The van der Waals surface area contributed by atoms with Crippen LogP contribution < -0.4 is 10.2 Å². The third-order valence-corrected chi connectivity index (χ3v) is 4.95. The van der Waals surface area contributed by atoms with Gasteiger partial charge in [-0.2, -0.15) is 16.9 Å². The van der Waals surface area contributed by atoms with E-state index in [1.165, 1.54) is 5.75 Å². The smallest absolute Gasteiger partial charge is 0.151 e. The van der Waals surface area contributed by atoms with Crippen LogP contribution in [0.2, 0.25) is 0 Å². The molecule has 1 aliphatic rings. The second-order valence-electron chi connectivity index (χ2n) is 5.07. The van der Waals surface area contributed by atoms with E-state index in [-0.39, 0.29) is 0 Å². The summed E-state index contributed by atoms with van der Waals surface area (Å²) in [7, 11) is 0. The molecule has 2 heterocycles. The monoisotopic (exact) mass is 280 g/mol. The van der Waals surface area contributed by atoms with Gasteiger partial charge in [0.25, 0.3) is 0 Å². The van der Waals surface area contributed by atoms with Crippen molar-refractivity contribution in [3.8, 4) is 0 Å². The molecule has 5 heteroatoms. The van der Waals surface area contributed by atoms with Crippen LogP contribution in [0.25, 0.3) is 0 Å². The van der Waals surface area contributed by atoms with Gasteiger partial charge >= 0.3 is 0 Å². The van der Waals surface area contributed by atoms with Gasteiger partial charge in [-0.1, -0.05) is 13.8 Å². The van der Waals surface area contributed by atoms with Gasteiger partial charge in [-0.3, -0.25) is 0 Å². The van der Waals surface area contributed by atoms with Gasteiger partial charge in [0.2, 0.25) is 0 Å². The molecular weight excluding hydrogens is 256 g/mol. The van der Waals surface area contributed by atoms with Crippen molar-refractivity contribution < 1.29 is 0 Å². The lowest BCUT2D eigenvalue weighted by molar-refractivity contribution is 0.611. The van der Waals surface area contributed by atoms with Crippen LogP contribution in [0.4, 0.5) is 5.82 Å². The molecule has 1 aliphatic heterocycles. The Morgan fingerprint density at radius 2 is 2.21 bits per heavy atom. The van der Waals surface area contributed by atoms with Crippen LogP contribution in [0.3, 0.4) is 0 Å². The third-order valence-electron chi connectivity index (χ3n) is 3.62. The van der Waals surface area contributed by atoms with E-state index in [0.29, 0.717) is 11.3 Å². The summed E-state index contributed by atoms with van der Waals surface area (Å²) in [6, 6.07) is 4.72. The minimum Gasteiger partial charge on any atom is -0.350 e. The van der Waals surface area contributed by atoms with Gasteiger partial charge in [0.15, 0.2) is 5.82 Å². The Hall–Kier alpha value is -0.810. The van der Waals surface area contributed by atoms with Crippen LogP contribution in [-0.2, 0) is 6.54 Å². The molecule has 0 bridgehead atoms. The molecule has 1 fully saturated rings. The first-order chi connectivity index (χ1) is 9.22. The molecule has 0 saturated carbocycles. The molecule has 19 heavy (non-hydrogen) atoms. The van der Waals surface area contributed by atoms with Crippen LogP contribution in [0.15, 0.2) is 12.1 Å². The maximum absolute atomic E-state index is 4.39. The highest BCUT2D eigenvalue weighted by Crippen LogP contribution is 2.27. The third kappa shape index (κ3) is 3.83. The van der Waals surface area contributed by atoms with Gasteiger partial charge in [-0.05, 0) is 32.0 Å². The Morgan fingerprint density at radius 1 is 1.37 bits per heavy atom. The summed E-state index contributed by atoms with van der Waals surface area (Å²) in [4.78, 5) is 2.37. The van der Waals surface area contributed by atoms with E-state index in [1.54, 1.807) is 0 Å².